The summed E-state index contributed by atoms with van der Waals surface area (Å²) in [7, 11) is -3.85. The number of fused-ring (bicyclic) bond motifs is 2. The lowest BCUT2D eigenvalue weighted by atomic mass is 10.1. The number of nitrogens with zero attached hydrogens (tertiary/aromatic N) is 2. The number of carbonyl (C=O) groups is 2. The van der Waals surface area contributed by atoms with Gasteiger partial charge < -0.3 is 20.4 Å². The highest BCUT2D eigenvalue weighted by atomic mass is 32.2. The number of aryl methyl sites for hydroxylation is 1. The summed E-state index contributed by atoms with van der Waals surface area (Å²) in [5.74, 6) is -0.169. The van der Waals surface area contributed by atoms with Crippen molar-refractivity contribution in [1.82, 2.24) is 20.3 Å². The predicted octanol–water partition coefficient (Wildman–Crippen LogP) is 2.33. The molecule has 12 heteroatoms. The molecule has 178 valence electrons. The second-order valence-corrected chi connectivity index (χ2v) is 9.60. The first-order valence-corrected chi connectivity index (χ1v) is 12.0. The normalized spacial score (nSPS) is 13.0. The van der Waals surface area contributed by atoms with Gasteiger partial charge in [-0.25, -0.2) is 18.4 Å². The Morgan fingerprint density at radius 1 is 1.14 bits per heavy atom. The van der Waals surface area contributed by atoms with E-state index >= 15 is 0 Å². The summed E-state index contributed by atoms with van der Waals surface area (Å²) in [5.41, 5.74) is 3.02. The lowest BCUT2D eigenvalue weighted by Crippen LogP contribution is -2.26. The van der Waals surface area contributed by atoms with Gasteiger partial charge in [0.2, 0.25) is 0 Å². The Bertz CT molecular complexity index is 1560. The van der Waals surface area contributed by atoms with Crippen molar-refractivity contribution in [3.63, 3.8) is 0 Å². The zero-order chi connectivity index (χ0) is 24.6. The number of amides is 2. The minimum atomic E-state index is -3.85. The SMILES string of the molecule is Cc1ccc(S(=O)(=O)Nc2c[nH]c3c(C(=O)NCc4ccc5c(c4)NC(=O)CO5)ncnc23)cc1. The van der Waals surface area contributed by atoms with Crippen LogP contribution in [-0.4, -0.2) is 41.8 Å². The lowest BCUT2D eigenvalue weighted by Gasteiger charge is -2.18. The van der Waals surface area contributed by atoms with Gasteiger partial charge >= 0.3 is 0 Å². The number of anilines is 2. The van der Waals surface area contributed by atoms with Crippen molar-refractivity contribution in [2.45, 2.75) is 18.4 Å². The minimum absolute atomic E-state index is 0.0356. The number of aromatic amines is 1. The Labute approximate surface area is 200 Å². The molecule has 2 aromatic heterocycles. The molecule has 2 aromatic carbocycles. The van der Waals surface area contributed by atoms with Gasteiger partial charge in [-0.05, 0) is 36.8 Å². The fraction of sp³-hybridized carbons (Fsp3) is 0.130. The second kappa shape index (κ2) is 8.72. The largest absolute Gasteiger partial charge is 0.482 e. The van der Waals surface area contributed by atoms with Crippen molar-refractivity contribution in [2.24, 2.45) is 0 Å². The minimum Gasteiger partial charge on any atom is -0.482 e. The van der Waals surface area contributed by atoms with Crippen molar-refractivity contribution < 1.29 is 22.7 Å². The van der Waals surface area contributed by atoms with Crippen molar-refractivity contribution in [3.05, 3.63) is 71.8 Å². The van der Waals surface area contributed by atoms with Crippen LogP contribution in [0, 0.1) is 6.92 Å². The van der Waals surface area contributed by atoms with Gasteiger partial charge in [0.05, 0.1) is 21.8 Å². The number of hydrogen-bond donors (Lipinski definition) is 4. The zero-order valence-corrected chi connectivity index (χ0v) is 19.3. The van der Waals surface area contributed by atoms with Crippen LogP contribution in [0.1, 0.15) is 21.6 Å². The van der Waals surface area contributed by atoms with Crippen LogP contribution >= 0.6 is 0 Å². The fourth-order valence-electron chi connectivity index (χ4n) is 3.62. The molecule has 0 saturated heterocycles. The molecule has 0 aliphatic carbocycles. The van der Waals surface area contributed by atoms with Gasteiger partial charge in [-0.3, -0.25) is 14.3 Å². The van der Waals surface area contributed by atoms with E-state index in [1.54, 1.807) is 30.3 Å². The third-order valence-electron chi connectivity index (χ3n) is 5.38. The number of benzene rings is 2. The Morgan fingerprint density at radius 2 is 1.94 bits per heavy atom. The summed E-state index contributed by atoms with van der Waals surface area (Å²) in [6.45, 7) is 2.00. The van der Waals surface area contributed by atoms with E-state index < -0.39 is 15.9 Å². The van der Waals surface area contributed by atoms with E-state index in [-0.39, 0.29) is 46.4 Å². The molecule has 0 fully saturated rings. The number of aromatic nitrogens is 3. The monoisotopic (exact) mass is 492 g/mol. The number of nitrogens with one attached hydrogen (secondary N) is 4. The number of carbonyl (C=O) groups excluding carboxylic acids is 2. The molecule has 0 spiro atoms. The number of H-pyrrole nitrogens is 1. The first-order valence-electron chi connectivity index (χ1n) is 10.6. The first kappa shape index (κ1) is 22.3. The maximum atomic E-state index is 12.9. The van der Waals surface area contributed by atoms with Crippen LogP contribution in [0.15, 0.2) is 59.9 Å². The van der Waals surface area contributed by atoms with E-state index in [0.717, 1.165) is 11.1 Å². The first-order chi connectivity index (χ1) is 16.8. The standard InChI is InChI=1S/C23H20N6O5S/c1-13-2-5-15(6-3-13)35(32,33)29-17-10-24-21-20(17)26-12-27-22(21)23(31)25-9-14-4-7-18-16(8-14)28-19(30)11-34-18/h2-8,10,12,24,29H,9,11H2,1H3,(H,25,31)(H,28,30). The molecule has 0 unspecified atom stereocenters. The van der Waals surface area contributed by atoms with Crippen molar-refractivity contribution in [3.8, 4) is 5.75 Å². The summed E-state index contributed by atoms with van der Waals surface area (Å²) in [6, 6.07) is 11.7. The van der Waals surface area contributed by atoms with Gasteiger partial charge in [-0.15, -0.1) is 0 Å². The zero-order valence-electron chi connectivity index (χ0n) is 18.5. The molecule has 0 saturated carbocycles. The molecule has 3 heterocycles. The molecular formula is C23H20N6O5S. The van der Waals surface area contributed by atoms with Crippen LogP contribution in [0.2, 0.25) is 0 Å². The molecule has 35 heavy (non-hydrogen) atoms. The summed E-state index contributed by atoms with van der Waals surface area (Å²) in [5, 5.41) is 5.49. The Morgan fingerprint density at radius 3 is 2.74 bits per heavy atom. The average Bonchev–Trinajstić information content (AvgIpc) is 3.24. The van der Waals surface area contributed by atoms with Crippen molar-refractivity contribution in [1.29, 1.82) is 0 Å². The molecule has 5 rings (SSSR count). The van der Waals surface area contributed by atoms with Gasteiger partial charge in [-0.2, -0.15) is 0 Å². The van der Waals surface area contributed by atoms with Gasteiger partial charge in [-0.1, -0.05) is 23.8 Å². The molecule has 0 atom stereocenters. The number of sulfonamides is 1. The molecule has 11 nitrogen and oxygen atoms in total. The molecule has 1 aliphatic heterocycles. The Balaban J connectivity index is 1.34. The van der Waals surface area contributed by atoms with E-state index in [9.17, 15) is 18.0 Å². The molecule has 2 amide bonds. The van der Waals surface area contributed by atoms with E-state index in [2.05, 4.69) is 30.3 Å². The van der Waals surface area contributed by atoms with Gasteiger partial charge in [0.25, 0.3) is 21.8 Å². The maximum absolute atomic E-state index is 12.9. The summed E-state index contributed by atoms with van der Waals surface area (Å²) >= 11 is 0. The molecule has 0 bridgehead atoms. The molecule has 4 aromatic rings. The second-order valence-electron chi connectivity index (χ2n) is 7.92. The molecule has 0 radical (unpaired) electrons. The van der Waals surface area contributed by atoms with E-state index in [4.69, 9.17) is 4.74 Å². The lowest BCUT2D eigenvalue weighted by molar-refractivity contribution is -0.118. The van der Waals surface area contributed by atoms with E-state index in [0.29, 0.717) is 11.4 Å². The topological polar surface area (TPSA) is 155 Å². The summed E-state index contributed by atoms with van der Waals surface area (Å²) in [4.78, 5) is 35.6. The van der Waals surface area contributed by atoms with Gasteiger partial charge in [0, 0.05) is 12.7 Å². The van der Waals surface area contributed by atoms with Crippen LogP contribution in [0.25, 0.3) is 11.0 Å². The molecular weight excluding hydrogens is 472 g/mol. The smallest absolute Gasteiger partial charge is 0.272 e. The number of ether oxygens (including phenoxy) is 1. The maximum Gasteiger partial charge on any atom is 0.272 e. The fourth-order valence-corrected chi connectivity index (χ4v) is 4.67. The third kappa shape index (κ3) is 4.51. The van der Waals surface area contributed by atoms with Crippen molar-refractivity contribution >= 4 is 44.2 Å². The summed E-state index contributed by atoms with van der Waals surface area (Å²) in [6.07, 6.45) is 2.62. The molecule has 1 aliphatic rings. The van der Waals surface area contributed by atoms with E-state index in [1.807, 2.05) is 6.92 Å². The van der Waals surface area contributed by atoms with Crippen LogP contribution < -0.4 is 20.1 Å². The van der Waals surface area contributed by atoms with Crippen LogP contribution in [0.5, 0.6) is 5.75 Å². The predicted molar refractivity (Wildman–Crippen MR) is 128 cm³/mol. The van der Waals surface area contributed by atoms with Crippen LogP contribution in [-0.2, 0) is 21.4 Å². The quantitative estimate of drug-likeness (QED) is 0.322. The highest BCUT2D eigenvalue weighted by molar-refractivity contribution is 7.92. The third-order valence-corrected chi connectivity index (χ3v) is 6.77. The average molecular weight is 493 g/mol. The van der Waals surface area contributed by atoms with Gasteiger partial charge in [0.1, 0.15) is 17.6 Å². The van der Waals surface area contributed by atoms with Crippen LogP contribution in [0.4, 0.5) is 11.4 Å². The Hall–Kier alpha value is -4.45. The highest BCUT2D eigenvalue weighted by Crippen LogP contribution is 2.29. The van der Waals surface area contributed by atoms with Gasteiger partial charge in [0.15, 0.2) is 12.3 Å². The Kier molecular flexibility index (Phi) is 5.57. The van der Waals surface area contributed by atoms with E-state index in [1.165, 1.54) is 24.7 Å². The van der Waals surface area contributed by atoms with Crippen LogP contribution in [0.3, 0.4) is 0 Å². The molecule has 4 N–H and O–H groups in total. The summed E-state index contributed by atoms with van der Waals surface area (Å²) < 4.78 is 33.4. The highest BCUT2D eigenvalue weighted by Gasteiger charge is 2.21. The number of hydrogen-bond acceptors (Lipinski definition) is 7. The number of rotatable bonds is 6. The van der Waals surface area contributed by atoms with Crippen molar-refractivity contribution in [2.75, 3.05) is 16.6 Å².